The summed E-state index contributed by atoms with van der Waals surface area (Å²) in [6.07, 6.45) is -6.98. The summed E-state index contributed by atoms with van der Waals surface area (Å²) in [4.78, 5) is 15.8. The van der Waals surface area contributed by atoms with Crippen molar-refractivity contribution in [1.29, 1.82) is 0 Å². The molecule has 11 heteroatoms. The highest BCUT2D eigenvalue weighted by Gasteiger charge is 2.40. The van der Waals surface area contributed by atoms with Gasteiger partial charge in [-0.3, -0.25) is 9.78 Å². The Kier molecular flexibility index (Phi) is 4.07. The molecule has 1 aromatic carbocycles. The van der Waals surface area contributed by atoms with Gasteiger partial charge in [-0.15, -0.1) is 0 Å². The Labute approximate surface area is 161 Å². The van der Waals surface area contributed by atoms with Crippen LogP contribution in [0.15, 0.2) is 60.3 Å². The Hall–Kier alpha value is -3.08. The fourth-order valence-electron chi connectivity index (χ4n) is 2.16. The first kappa shape index (κ1) is 15.9. The summed E-state index contributed by atoms with van der Waals surface area (Å²) < 4.78 is 96.5. The first-order chi connectivity index (χ1) is 14.2. The molecule has 0 fully saturated rings. The maximum Gasteiger partial charge on any atom is 0.433 e. The Morgan fingerprint density at radius 3 is 2.50 bits per heavy atom. The second-order valence-electron chi connectivity index (χ2n) is 5.39. The summed E-state index contributed by atoms with van der Waals surface area (Å²) >= 11 is 0. The van der Waals surface area contributed by atoms with E-state index in [1.807, 2.05) is 0 Å². The van der Waals surface area contributed by atoms with E-state index in [4.69, 9.17) is 14.6 Å². The number of rotatable bonds is 5. The van der Waals surface area contributed by atoms with Crippen molar-refractivity contribution in [2.75, 3.05) is 0 Å². The van der Waals surface area contributed by atoms with E-state index in [-0.39, 0.29) is 5.56 Å². The first-order valence-corrected chi connectivity index (χ1v) is 8.88. The molecule has 1 atom stereocenters. The SMILES string of the molecule is [2H]C([2H])(c1ccccc1)S(=O)(=O)OC1=C(N)O[C@@]([2H])(c2ccc(C(F)(F)F)nc2)C1=O. The number of nitrogens with zero attached hydrogens (tertiary/aromatic N) is 1. The van der Waals surface area contributed by atoms with E-state index in [0.717, 1.165) is 6.07 Å². The highest BCUT2D eigenvalue weighted by Crippen LogP contribution is 2.34. The minimum atomic E-state index is -5.17. The predicted octanol–water partition coefficient (Wildman–Crippen LogP) is 2.42. The zero-order valence-electron chi connectivity index (χ0n) is 16.7. The highest BCUT2D eigenvalue weighted by molar-refractivity contribution is 7.86. The standard InChI is InChI=1S/C17H13F3N2O5S/c18-17(19,20)12-7-6-11(8-22-12)14-13(23)15(16(21)26-14)27-28(24,25)9-10-4-2-1-3-5-10/h1-8,14H,9,21H2/t14-/m0/s1/i9D2,14D. The van der Waals surface area contributed by atoms with Crippen molar-refractivity contribution in [3.63, 3.8) is 0 Å². The number of carbonyl (C=O) groups excluding carboxylic acids is 1. The molecule has 0 unspecified atom stereocenters. The van der Waals surface area contributed by atoms with E-state index in [1.54, 1.807) is 0 Å². The number of hydrogen-bond donors (Lipinski definition) is 1. The minimum Gasteiger partial charge on any atom is -0.460 e. The van der Waals surface area contributed by atoms with E-state index in [2.05, 4.69) is 9.17 Å². The third-order valence-corrected chi connectivity index (χ3v) is 4.25. The zero-order valence-corrected chi connectivity index (χ0v) is 14.5. The highest BCUT2D eigenvalue weighted by atomic mass is 32.2. The van der Waals surface area contributed by atoms with Crippen molar-refractivity contribution in [1.82, 2.24) is 4.98 Å². The number of ether oxygens (including phenoxy) is 1. The number of aromatic nitrogens is 1. The van der Waals surface area contributed by atoms with Gasteiger partial charge in [0.1, 0.15) is 11.4 Å². The average molecular weight is 417 g/mol. The summed E-state index contributed by atoms with van der Waals surface area (Å²) in [7, 11) is -5.17. The molecule has 0 saturated heterocycles. The van der Waals surface area contributed by atoms with Crippen molar-refractivity contribution >= 4 is 15.9 Å². The van der Waals surface area contributed by atoms with Crippen LogP contribution in [-0.4, -0.2) is 19.2 Å². The molecule has 1 aliphatic rings. The third-order valence-electron chi connectivity index (χ3n) is 3.37. The van der Waals surface area contributed by atoms with Crippen LogP contribution in [0, 0.1) is 0 Å². The normalized spacial score (nSPS) is 22.2. The first-order valence-electron chi connectivity index (χ1n) is 8.97. The summed E-state index contributed by atoms with van der Waals surface area (Å²) in [6, 6.07) is 7.88. The lowest BCUT2D eigenvalue weighted by Gasteiger charge is -2.11. The molecule has 1 aromatic heterocycles. The van der Waals surface area contributed by atoms with E-state index in [0.29, 0.717) is 12.3 Å². The molecule has 0 spiro atoms. The average Bonchev–Trinajstić information content (AvgIpc) is 2.91. The van der Waals surface area contributed by atoms with Crippen LogP contribution in [-0.2, 0) is 35.7 Å². The van der Waals surface area contributed by atoms with Crippen molar-refractivity contribution < 1.29 is 39.4 Å². The number of halogens is 3. The summed E-state index contributed by atoms with van der Waals surface area (Å²) in [5, 5.41) is 0. The Morgan fingerprint density at radius 1 is 1.25 bits per heavy atom. The molecular weight excluding hydrogens is 401 g/mol. The molecule has 7 nitrogen and oxygen atoms in total. The monoisotopic (exact) mass is 417 g/mol. The van der Waals surface area contributed by atoms with Gasteiger partial charge in [0.25, 0.3) is 0 Å². The molecule has 2 N–H and O–H groups in total. The van der Waals surface area contributed by atoms with Crippen molar-refractivity contribution in [3.8, 4) is 0 Å². The van der Waals surface area contributed by atoms with Crippen LogP contribution in [0.5, 0.6) is 0 Å². The van der Waals surface area contributed by atoms with Crippen LogP contribution in [0.4, 0.5) is 13.2 Å². The smallest absolute Gasteiger partial charge is 0.433 e. The fraction of sp³-hybridized carbons (Fsp3) is 0.176. The van der Waals surface area contributed by atoms with Gasteiger partial charge in [0.05, 0.1) is 4.11 Å². The van der Waals surface area contributed by atoms with Gasteiger partial charge < -0.3 is 14.7 Å². The third kappa shape index (κ3) is 4.25. The van der Waals surface area contributed by atoms with Gasteiger partial charge in [0.15, 0.2) is 6.08 Å². The topological polar surface area (TPSA) is 109 Å². The molecule has 2 heterocycles. The van der Waals surface area contributed by atoms with Crippen LogP contribution in [0.2, 0.25) is 0 Å². The van der Waals surface area contributed by atoms with E-state index in [9.17, 15) is 26.4 Å². The Bertz CT molecular complexity index is 1160. The molecule has 0 saturated carbocycles. The second-order valence-corrected chi connectivity index (χ2v) is 6.67. The van der Waals surface area contributed by atoms with Crippen molar-refractivity contribution in [3.05, 3.63) is 77.1 Å². The van der Waals surface area contributed by atoms with Crippen LogP contribution in [0.1, 0.15) is 27.0 Å². The Balaban J connectivity index is 1.91. The molecule has 0 radical (unpaired) electrons. The number of carbonyl (C=O) groups is 1. The number of benzene rings is 1. The number of pyridine rings is 1. The Morgan fingerprint density at radius 2 is 1.93 bits per heavy atom. The largest absolute Gasteiger partial charge is 0.460 e. The molecule has 2 aromatic rings. The number of Topliss-reactive ketones (excluding diaryl/α,β-unsaturated/α-hetero) is 1. The predicted molar refractivity (Wildman–Crippen MR) is 89.4 cm³/mol. The molecule has 0 amide bonds. The summed E-state index contributed by atoms with van der Waals surface area (Å²) in [6.45, 7) is 0. The van der Waals surface area contributed by atoms with Crippen molar-refractivity contribution in [2.45, 2.75) is 18.0 Å². The van der Waals surface area contributed by atoms with Gasteiger partial charge in [-0.05, 0) is 11.6 Å². The maximum atomic E-state index is 12.7. The molecule has 1 aliphatic heterocycles. The van der Waals surface area contributed by atoms with Crippen LogP contribution < -0.4 is 5.73 Å². The lowest BCUT2D eigenvalue weighted by Crippen LogP contribution is -2.16. The van der Waals surface area contributed by atoms with Gasteiger partial charge in [-0.25, -0.2) is 0 Å². The molecule has 0 bridgehead atoms. The van der Waals surface area contributed by atoms with Crippen molar-refractivity contribution in [2.24, 2.45) is 5.73 Å². The van der Waals surface area contributed by atoms with Gasteiger partial charge in [0, 0.05) is 11.8 Å². The maximum absolute atomic E-state index is 12.7. The molecule has 0 aliphatic carbocycles. The van der Waals surface area contributed by atoms with Gasteiger partial charge in [-0.2, -0.15) is 21.6 Å². The summed E-state index contributed by atoms with van der Waals surface area (Å²) in [5.74, 6) is -3.58. The van der Waals surface area contributed by atoms with Gasteiger partial charge in [-0.1, -0.05) is 36.4 Å². The molecule has 3 rings (SSSR count). The van der Waals surface area contributed by atoms with Gasteiger partial charge in [0.2, 0.25) is 17.4 Å². The van der Waals surface area contributed by atoms with E-state index in [1.165, 1.54) is 30.3 Å². The minimum absolute atomic E-state index is 0.301. The zero-order chi connectivity index (χ0) is 23.2. The number of nitrogens with two attached hydrogens (primary N) is 1. The molecular formula is C17H13F3N2O5S. The van der Waals surface area contributed by atoms with E-state index < -0.39 is 56.8 Å². The number of ketones is 1. The summed E-state index contributed by atoms with van der Waals surface area (Å²) in [5.41, 5.74) is 0.301. The lowest BCUT2D eigenvalue weighted by atomic mass is 10.1. The lowest BCUT2D eigenvalue weighted by molar-refractivity contribution is -0.141. The quantitative estimate of drug-likeness (QED) is 0.744. The van der Waals surface area contributed by atoms with Crippen LogP contribution in [0.25, 0.3) is 0 Å². The molecule has 28 heavy (non-hydrogen) atoms. The number of alkyl halides is 3. The van der Waals surface area contributed by atoms with Crippen LogP contribution in [0.3, 0.4) is 0 Å². The van der Waals surface area contributed by atoms with Gasteiger partial charge >= 0.3 is 16.3 Å². The van der Waals surface area contributed by atoms with E-state index >= 15 is 0 Å². The molecule has 148 valence electrons. The fourth-order valence-corrected chi connectivity index (χ4v) is 3.01. The second kappa shape index (κ2) is 7.15. The number of hydrogen-bond acceptors (Lipinski definition) is 7. The van der Waals surface area contributed by atoms with Crippen LogP contribution >= 0.6 is 0 Å².